The van der Waals surface area contributed by atoms with Gasteiger partial charge in [-0.25, -0.2) is 0 Å². The van der Waals surface area contributed by atoms with Gasteiger partial charge in [-0.3, -0.25) is 0 Å². The lowest BCUT2D eigenvalue weighted by Gasteiger charge is -2.14. The van der Waals surface area contributed by atoms with Gasteiger partial charge in [0.1, 0.15) is 0 Å². The summed E-state index contributed by atoms with van der Waals surface area (Å²) in [6.45, 7) is 0. The van der Waals surface area contributed by atoms with Crippen LogP contribution in [0.1, 0.15) is 38.5 Å². The zero-order chi connectivity index (χ0) is 8.23. The molecule has 12 heavy (non-hydrogen) atoms. The minimum atomic E-state index is 1.28. The minimum absolute atomic E-state index is 1.28. The molecule has 0 saturated heterocycles. The van der Waals surface area contributed by atoms with Gasteiger partial charge in [0.05, 0.1) is 0 Å². The number of rotatable bonds is 0. The highest BCUT2D eigenvalue weighted by Gasteiger charge is 2.06. The van der Waals surface area contributed by atoms with Gasteiger partial charge >= 0.3 is 0 Å². The molecule has 0 nitrogen and oxygen atoms in total. The first-order chi connectivity index (χ1) is 5.97. The average molecular weight is 160 g/mol. The van der Waals surface area contributed by atoms with E-state index >= 15 is 0 Å². The summed E-state index contributed by atoms with van der Waals surface area (Å²) in [5, 5.41) is 0. The Labute approximate surface area is 74.7 Å². The lowest BCUT2D eigenvalue weighted by Crippen LogP contribution is -1.95. The summed E-state index contributed by atoms with van der Waals surface area (Å²) >= 11 is 0. The van der Waals surface area contributed by atoms with Crippen LogP contribution in [0.2, 0.25) is 0 Å². The molecule has 0 heterocycles. The first-order valence-corrected chi connectivity index (χ1v) is 5.02. The second-order valence-corrected chi connectivity index (χ2v) is 3.64. The van der Waals surface area contributed by atoms with Gasteiger partial charge in [-0.15, -0.1) is 0 Å². The predicted molar refractivity (Wildman–Crippen MR) is 53.0 cm³/mol. The van der Waals surface area contributed by atoms with E-state index in [2.05, 4.69) is 24.3 Å². The highest BCUT2D eigenvalue weighted by Crippen LogP contribution is 2.26. The van der Waals surface area contributed by atoms with Crippen LogP contribution in [-0.2, 0) is 0 Å². The van der Waals surface area contributed by atoms with E-state index in [0.717, 1.165) is 0 Å². The highest BCUT2D eigenvalue weighted by molar-refractivity contribution is 5.35. The molecule has 0 radical (unpaired) electrons. The Morgan fingerprint density at radius 2 is 1.25 bits per heavy atom. The zero-order valence-electron chi connectivity index (χ0n) is 7.55. The predicted octanol–water partition coefficient (Wildman–Crippen LogP) is 3.76. The van der Waals surface area contributed by atoms with Crippen molar-refractivity contribution in [3.63, 3.8) is 0 Å². The van der Waals surface area contributed by atoms with Gasteiger partial charge in [0.25, 0.3) is 0 Å². The fraction of sp³-hybridized carbons (Fsp3) is 0.500. The summed E-state index contributed by atoms with van der Waals surface area (Å²) < 4.78 is 0. The molecule has 0 aliphatic heterocycles. The molecule has 0 N–H and O–H groups in total. The monoisotopic (exact) mass is 160 g/mol. The van der Waals surface area contributed by atoms with Crippen molar-refractivity contribution in [3.8, 4) is 0 Å². The Balaban J connectivity index is 2.21. The maximum absolute atomic E-state index is 2.33. The molecule has 0 heteroatoms. The van der Waals surface area contributed by atoms with E-state index in [1.807, 2.05) is 0 Å². The molecule has 0 aromatic rings. The summed E-state index contributed by atoms with van der Waals surface area (Å²) in [5.41, 5.74) is 3.19. The molecule has 0 atom stereocenters. The van der Waals surface area contributed by atoms with Crippen molar-refractivity contribution in [1.29, 1.82) is 0 Å². The van der Waals surface area contributed by atoms with E-state index in [4.69, 9.17) is 0 Å². The molecule has 0 amide bonds. The van der Waals surface area contributed by atoms with Crippen molar-refractivity contribution in [3.05, 3.63) is 35.5 Å². The van der Waals surface area contributed by atoms with E-state index < -0.39 is 0 Å². The van der Waals surface area contributed by atoms with Crippen LogP contribution in [0, 0.1) is 0 Å². The van der Waals surface area contributed by atoms with Crippen LogP contribution in [0.5, 0.6) is 0 Å². The van der Waals surface area contributed by atoms with Crippen LogP contribution in [0.3, 0.4) is 0 Å². The molecule has 0 aromatic carbocycles. The molecule has 2 aliphatic carbocycles. The van der Waals surface area contributed by atoms with Gasteiger partial charge in [-0.05, 0) is 49.7 Å². The van der Waals surface area contributed by atoms with Crippen LogP contribution < -0.4 is 0 Å². The van der Waals surface area contributed by atoms with Gasteiger partial charge in [0.15, 0.2) is 0 Å². The van der Waals surface area contributed by atoms with Crippen molar-refractivity contribution >= 4 is 0 Å². The fourth-order valence-electron chi connectivity index (χ4n) is 1.97. The molecular weight excluding hydrogens is 144 g/mol. The normalized spacial score (nSPS) is 29.3. The zero-order valence-corrected chi connectivity index (χ0v) is 7.55. The summed E-state index contributed by atoms with van der Waals surface area (Å²) in [6.07, 6.45) is 17.1. The van der Waals surface area contributed by atoms with Gasteiger partial charge in [-0.1, -0.05) is 24.3 Å². The molecule has 0 spiro atoms. The summed E-state index contributed by atoms with van der Waals surface area (Å²) in [6, 6.07) is 0. The van der Waals surface area contributed by atoms with Gasteiger partial charge in [0.2, 0.25) is 0 Å². The largest absolute Gasteiger partial charge is 0.0842 e. The number of hydrogen-bond donors (Lipinski definition) is 0. The lowest BCUT2D eigenvalue weighted by molar-refractivity contribution is 0.774. The van der Waals surface area contributed by atoms with E-state index in [1.54, 1.807) is 11.1 Å². The standard InChI is InChI=1S/C12H16/c1-3-7-11(8-4-1)12-9-5-2-6-10-12/h3,5,7,9H,1-2,4,6,8,10H2/b12-11-. The van der Waals surface area contributed by atoms with Gasteiger partial charge < -0.3 is 0 Å². The maximum atomic E-state index is 2.33. The Hall–Kier alpha value is -0.780. The lowest BCUT2D eigenvalue weighted by atomic mass is 9.91. The molecule has 2 rings (SSSR count). The Morgan fingerprint density at radius 3 is 1.58 bits per heavy atom. The summed E-state index contributed by atoms with van der Waals surface area (Å²) in [7, 11) is 0. The SMILES string of the molecule is C1=C/C(=C2\C=CCCC2)CCC1. The van der Waals surface area contributed by atoms with Crippen LogP contribution in [-0.4, -0.2) is 0 Å². The first kappa shape index (κ1) is 7.85. The van der Waals surface area contributed by atoms with E-state index in [0.29, 0.717) is 0 Å². The molecular formula is C12H16. The van der Waals surface area contributed by atoms with E-state index in [1.165, 1.54) is 38.5 Å². The third-order valence-electron chi connectivity index (χ3n) is 2.68. The van der Waals surface area contributed by atoms with Crippen LogP contribution in [0.15, 0.2) is 35.5 Å². The molecule has 2 aliphatic rings. The third-order valence-corrected chi connectivity index (χ3v) is 2.68. The molecule has 64 valence electrons. The molecule has 0 aromatic heterocycles. The second kappa shape index (κ2) is 3.75. The van der Waals surface area contributed by atoms with Crippen molar-refractivity contribution in [1.82, 2.24) is 0 Å². The topological polar surface area (TPSA) is 0 Å². The summed E-state index contributed by atoms with van der Waals surface area (Å²) in [4.78, 5) is 0. The second-order valence-electron chi connectivity index (χ2n) is 3.64. The highest BCUT2D eigenvalue weighted by atomic mass is 14.1. The maximum Gasteiger partial charge on any atom is -0.0273 e. The molecule has 0 saturated carbocycles. The molecule has 0 unspecified atom stereocenters. The van der Waals surface area contributed by atoms with Crippen LogP contribution in [0.4, 0.5) is 0 Å². The quantitative estimate of drug-likeness (QED) is 0.506. The first-order valence-electron chi connectivity index (χ1n) is 5.02. The number of allylic oxidation sites excluding steroid dienone is 6. The van der Waals surface area contributed by atoms with Crippen molar-refractivity contribution in [2.45, 2.75) is 38.5 Å². The third kappa shape index (κ3) is 1.69. The molecule has 0 bridgehead atoms. The van der Waals surface area contributed by atoms with Gasteiger partial charge in [-0.2, -0.15) is 0 Å². The van der Waals surface area contributed by atoms with Crippen LogP contribution in [0.25, 0.3) is 0 Å². The van der Waals surface area contributed by atoms with Crippen LogP contribution >= 0.6 is 0 Å². The Morgan fingerprint density at radius 1 is 0.750 bits per heavy atom. The fourth-order valence-corrected chi connectivity index (χ4v) is 1.97. The van der Waals surface area contributed by atoms with Gasteiger partial charge in [0, 0.05) is 0 Å². The van der Waals surface area contributed by atoms with E-state index in [-0.39, 0.29) is 0 Å². The van der Waals surface area contributed by atoms with Crippen molar-refractivity contribution in [2.24, 2.45) is 0 Å². The smallest absolute Gasteiger partial charge is 0.0273 e. The molecule has 0 fully saturated rings. The number of hydrogen-bond acceptors (Lipinski definition) is 0. The Kier molecular flexibility index (Phi) is 2.45. The summed E-state index contributed by atoms with van der Waals surface area (Å²) in [5.74, 6) is 0. The van der Waals surface area contributed by atoms with Crippen molar-refractivity contribution in [2.75, 3.05) is 0 Å². The minimum Gasteiger partial charge on any atom is -0.0842 e. The van der Waals surface area contributed by atoms with E-state index in [9.17, 15) is 0 Å². The Bertz CT molecular complexity index is 215. The van der Waals surface area contributed by atoms with Crippen molar-refractivity contribution < 1.29 is 0 Å². The average Bonchev–Trinajstić information content (AvgIpc) is 2.21.